The van der Waals surface area contributed by atoms with Gasteiger partial charge < -0.3 is 5.73 Å². The lowest BCUT2D eigenvalue weighted by atomic mass is 10.4. The third kappa shape index (κ3) is 2.77. The van der Waals surface area contributed by atoms with Crippen molar-refractivity contribution in [1.82, 2.24) is 4.31 Å². The van der Waals surface area contributed by atoms with E-state index in [1.165, 1.54) is 11.3 Å². The third-order valence-electron chi connectivity index (χ3n) is 3.25. The number of rotatable bonds is 6. The summed E-state index contributed by atoms with van der Waals surface area (Å²) >= 11 is 1.47. The highest BCUT2D eigenvalue weighted by Gasteiger charge is 2.32. The molecule has 1 fully saturated rings. The van der Waals surface area contributed by atoms with Crippen molar-refractivity contribution in [3.63, 3.8) is 0 Å². The molecule has 1 aromatic rings. The largest absolute Gasteiger partial charge is 0.326 e. The van der Waals surface area contributed by atoms with E-state index in [9.17, 15) is 8.42 Å². The first-order chi connectivity index (χ1) is 8.48. The first-order valence-electron chi connectivity index (χ1n) is 6.28. The molecule has 0 unspecified atom stereocenters. The van der Waals surface area contributed by atoms with Gasteiger partial charge in [0.1, 0.15) is 0 Å². The van der Waals surface area contributed by atoms with E-state index in [1.54, 1.807) is 10.4 Å². The maximum atomic E-state index is 12.6. The molecule has 0 aliphatic heterocycles. The van der Waals surface area contributed by atoms with Crippen LogP contribution >= 0.6 is 11.3 Å². The fourth-order valence-electron chi connectivity index (χ4n) is 2.01. The summed E-state index contributed by atoms with van der Waals surface area (Å²) in [6.45, 7) is 5.33. The number of thiophene rings is 1. The molecule has 0 saturated heterocycles. The molecule has 0 spiro atoms. The molecule has 0 amide bonds. The molecule has 1 saturated carbocycles. The molecule has 0 bridgehead atoms. The molecular weight excluding hydrogens is 268 g/mol. The van der Waals surface area contributed by atoms with Crippen LogP contribution in [0, 0.1) is 12.8 Å². The molecule has 6 heteroatoms. The van der Waals surface area contributed by atoms with Crippen molar-refractivity contribution in [1.29, 1.82) is 0 Å². The average molecular weight is 288 g/mol. The van der Waals surface area contributed by atoms with E-state index in [0.29, 0.717) is 30.4 Å². The summed E-state index contributed by atoms with van der Waals surface area (Å²) in [7, 11) is -3.34. The van der Waals surface area contributed by atoms with Crippen LogP contribution < -0.4 is 5.73 Å². The van der Waals surface area contributed by atoms with Gasteiger partial charge in [-0.15, -0.1) is 11.3 Å². The Kier molecular flexibility index (Phi) is 4.11. The molecular formula is C12H20N2O2S2. The summed E-state index contributed by atoms with van der Waals surface area (Å²) in [4.78, 5) is 2.20. The zero-order chi connectivity index (χ0) is 13.3. The summed E-state index contributed by atoms with van der Waals surface area (Å²) in [5.41, 5.74) is 5.58. The van der Waals surface area contributed by atoms with Crippen LogP contribution in [-0.4, -0.2) is 25.8 Å². The summed E-state index contributed by atoms with van der Waals surface area (Å²) in [5.74, 6) is 0.563. The zero-order valence-electron chi connectivity index (χ0n) is 10.8. The average Bonchev–Trinajstić information content (AvgIpc) is 3.07. The predicted octanol–water partition coefficient (Wildman–Crippen LogP) is 1.94. The Morgan fingerprint density at radius 2 is 2.17 bits per heavy atom. The van der Waals surface area contributed by atoms with Crippen LogP contribution in [0.4, 0.5) is 0 Å². The minimum absolute atomic E-state index is 0.399. The fourth-order valence-corrected chi connectivity index (χ4v) is 5.01. The van der Waals surface area contributed by atoms with Crippen molar-refractivity contribution in [3.8, 4) is 0 Å². The van der Waals surface area contributed by atoms with Gasteiger partial charge in [0.25, 0.3) is 0 Å². The minimum Gasteiger partial charge on any atom is -0.326 e. The lowest BCUT2D eigenvalue weighted by Gasteiger charge is -2.20. The Balaban J connectivity index is 2.29. The number of nitrogens with zero attached hydrogens (tertiary/aromatic N) is 1. The maximum Gasteiger partial charge on any atom is 0.244 e. The molecule has 2 rings (SSSR count). The molecule has 0 radical (unpaired) electrons. The molecule has 2 N–H and O–H groups in total. The van der Waals surface area contributed by atoms with E-state index in [0.717, 1.165) is 22.6 Å². The van der Waals surface area contributed by atoms with Crippen molar-refractivity contribution in [3.05, 3.63) is 15.8 Å². The Morgan fingerprint density at radius 1 is 1.50 bits per heavy atom. The normalized spacial score (nSPS) is 16.4. The predicted molar refractivity (Wildman–Crippen MR) is 74.1 cm³/mol. The van der Waals surface area contributed by atoms with Gasteiger partial charge in [-0.1, -0.05) is 6.92 Å². The molecule has 1 aromatic heterocycles. The molecule has 0 aromatic carbocycles. The number of hydrogen-bond acceptors (Lipinski definition) is 4. The summed E-state index contributed by atoms with van der Waals surface area (Å²) in [6.07, 6.45) is 2.31. The van der Waals surface area contributed by atoms with Crippen molar-refractivity contribution in [2.24, 2.45) is 11.7 Å². The smallest absolute Gasteiger partial charge is 0.244 e. The number of aryl methyl sites for hydroxylation is 1. The lowest BCUT2D eigenvalue weighted by molar-refractivity contribution is 0.412. The van der Waals surface area contributed by atoms with Gasteiger partial charge in [0, 0.05) is 29.4 Å². The van der Waals surface area contributed by atoms with Crippen LogP contribution in [0.15, 0.2) is 11.0 Å². The highest BCUT2D eigenvalue weighted by molar-refractivity contribution is 7.89. The molecule has 102 valence electrons. The van der Waals surface area contributed by atoms with Gasteiger partial charge in [-0.3, -0.25) is 0 Å². The van der Waals surface area contributed by atoms with Gasteiger partial charge in [0.05, 0.1) is 4.90 Å². The number of hydrogen-bond donors (Lipinski definition) is 1. The molecule has 1 heterocycles. The second-order valence-corrected chi connectivity index (χ2v) is 7.98. The van der Waals surface area contributed by atoms with Crippen molar-refractivity contribution in [2.45, 2.75) is 38.1 Å². The van der Waals surface area contributed by atoms with Crippen LogP contribution in [0.2, 0.25) is 0 Å². The van der Waals surface area contributed by atoms with E-state index in [4.69, 9.17) is 5.73 Å². The SMILES string of the molecule is CCN(CC1CC1)S(=O)(=O)c1cc(CN)sc1C. The second-order valence-electron chi connectivity index (χ2n) is 4.74. The van der Waals surface area contributed by atoms with E-state index < -0.39 is 10.0 Å². The van der Waals surface area contributed by atoms with Gasteiger partial charge >= 0.3 is 0 Å². The maximum absolute atomic E-state index is 12.6. The third-order valence-corrected chi connectivity index (χ3v) is 6.52. The highest BCUT2D eigenvalue weighted by atomic mass is 32.2. The van der Waals surface area contributed by atoms with Crippen molar-refractivity contribution in [2.75, 3.05) is 13.1 Å². The zero-order valence-corrected chi connectivity index (χ0v) is 12.5. The molecule has 1 aliphatic rings. The Hall–Kier alpha value is -0.430. The summed E-state index contributed by atoms with van der Waals surface area (Å²) in [6, 6.07) is 1.73. The van der Waals surface area contributed by atoms with Gasteiger partial charge in [0.2, 0.25) is 10.0 Å². The van der Waals surface area contributed by atoms with Crippen LogP contribution in [0.5, 0.6) is 0 Å². The van der Waals surface area contributed by atoms with Gasteiger partial charge in [-0.05, 0) is 31.7 Å². The molecule has 4 nitrogen and oxygen atoms in total. The van der Waals surface area contributed by atoms with Crippen molar-refractivity contribution < 1.29 is 8.42 Å². The highest BCUT2D eigenvalue weighted by Crippen LogP contribution is 2.33. The van der Waals surface area contributed by atoms with Crippen LogP contribution in [-0.2, 0) is 16.6 Å². The van der Waals surface area contributed by atoms with Crippen LogP contribution in [0.25, 0.3) is 0 Å². The molecule has 1 aliphatic carbocycles. The van der Waals surface area contributed by atoms with E-state index in [-0.39, 0.29) is 0 Å². The Morgan fingerprint density at radius 3 is 2.61 bits per heavy atom. The second kappa shape index (κ2) is 5.28. The summed E-state index contributed by atoms with van der Waals surface area (Å²) < 4.78 is 26.7. The number of sulfonamides is 1. The Labute approximate surface area is 113 Å². The minimum atomic E-state index is -3.34. The topological polar surface area (TPSA) is 63.4 Å². The quantitative estimate of drug-likeness (QED) is 0.870. The standard InChI is InChI=1S/C12H20N2O2S2/c1-3-14(8-10-4-5-10)18(15,16)12-6-11(7-13)17-9(12)2/h6,10H,3-5,7-8,13H2,1-2H3. The molecule has 18 heavy (non-hydrogen) atoms. The Bertz CT molecular complexity index is 518. The van der Waals surface area contributed by atoms with Gasteiger partial charge in [-0.25, -0.2) is 8.42 Å². The summed E-state index contributed by atoms with van der Waals surface area (Å²) in [5, 5.41) is 0. The monoisotopic (exact) mass is 288 g/mol. The van der Waals surface area contributed by atoms with Crippen molar-refractivity contribution >= 4 is 21.4 Å². The molecule has 0 atom stereocenters. The lowest BCUT2D eigenvalue weighted by Crippen LogP contribution is -2.32. The van der Waals surface area contributed by atoms with Crippen LogP contribution in [0.1, 0.15) is 29.5 Å². The van der Waals surface area contributed by atoms with E-state index >= 15 is 0 Å². The number of nitrogens with two attached hydrogens (primary N) is 1. The van der Waals surface area contributed by atoms with E-state index in [2.05, 4.69) is 0 Å². The first-order valence-corrected chi connectivity index (χ1v) is 8.54. The van der Waals surface area contributed by atoms with Gasteiger partial charge in [0.15, 0.2) is 0 Å². The van der Waals surface area contributed by atoms with Gasteiger partial charge in [-0.2, -0.15) is 4.31 Å². The first kappa shape index (κ1) is 14.0. The van der Waals surface area contributed by atoms with Crippen LogP contribution in [0.3, 0.4) is 0 Å². The fraction of sp³-hybridized carbons (Fsp3) is 0.667. The van der Waals surface area contributed by atoms with E-state index in [1.807, 2.05) is 13.8 Å².